The maximum absolute atomic E-state index is 12.4. The van der Waals surface area contributed by atoms with Crippen LogP contribution in [0.2, 0.25) is 0 Å². The largest absolute Gasteiger partial charge is 0.314 e. The summed E-state index contributed by atoms with van der Waals surface area (Å²) >= 11 is 0. The molecule has 0 radical (unpaired) electrons. The van der Waals surface area contributed by atoms with Crippen LogP contribution in [0.1, 0.15) is 31.4 Å². The summed E-state index contributed by atoms with van der Waals surface area (Å²) < 4.78 is 0. The summed E-state index contributed by atoms with van der Waals surface area (Å²) in [7, 11) is 1.72. The third-order valence-corrected chi connectivity index (χ3v) is 3.32. The van der Waals surface area contributed by atoms with Crippen LogP contribution in [0.25, 0.3) is 0 Å². The Labute approximate surface area is 109 Å². The molecule has 0 heterocycles. The molecule has 1 unspecified atom stereocenters. The molecule has 3 nitrogen and oxygen atoms in total. The summed E-state index contributed by atoms with van der Waals surface area (Å²) in [6.45, 7) is 7.54. The molecule has 0 spiro atoms. The van der Waals surface area contributed by atoms with Crippen molar-refractivity contribution >= 4 is 11.6 Å². The van der Waals surface area contributed by atoms with Gasteiger partial charge in [0.2, 0.25) is 5.91 Å². The fourth-order valence-electron chi connectivity index (χ4n) is 1.91. The zero-order chi connectivity index (χ0) is 13.9. The lowest BCUT2D eigenvalue weighted by Gasteiger charge is -2.26. The van der Waals surface area contributed by atoms with Gasteiger partial charge in [-0.2, -0.15) is 5.26 Å². The number of amides is 1. The second-order valence-corrected chi connectivity index (χ2v) is 5.01. The first-order chi connectivity index (χ1) is 8.34. The van der Waals surface area contributed by atoms with E-state index in [0.717, 1.165) is 16.8 Å². The molecule has 0 aliphatic rings. The lowest BCUT2D eigenvalue weighted by molar-refractivity contribution is -0.124. The van der Waals surface area contributed by atoms with E-state index in [0.29, 0.717) is 6.42 Å². The van der Waals surface area contributed by atoms with Crippen LogP contribution in [0.5, 0.6) is 0 Å². The highest BCUT2D eigenvalue weighted by Gasteiger charge is 2.34. The second kappa shape index (κ2) is 5.22. The van der Waals surface area contributed by atoms with Crippen molar-refractivity contribution in [2.45, 2.75) is 34.1 Å². The second-order valence-electron chi connectivity index (χ2n) is 5.01. The van der Waals surface area contributed by atoms with Gasteiger partial charge in [0.1, 0.15) is 5.41 Å². The van der Waals surface area contributed by atoms with E-state index < -0.39 is 5.41 Å². The minimum Gasteiger partial charge on any atom is -0.314 e. The fourth-order valence-corrected chi connectivity index (χ4v) is 1.91. The average Bonchev–Trinajstić information content (AvgIpc) is 2.34. The molecule has 1 rings (SSSR count). The lowest BCUT2D eigenvalue weighted by Crippen LogP contribution is -2.39. The number of carbonyl (C=O) groups is 1. The highest BCUT2D eigenvalue weighted by atomic mass is 16.2. The van der Waals surface area contributed by atoms with Gasteiger partial charge >= 0.3 is 0 Å². The Morgan fingerprint density at radius 3 is 2.22 bits per heavy atom. The number of nitriles is 1. The van der Waals surface area contributed by atoms with Crippen molar-refractivity contribution < 1.29 is 4.79 Å². The van der Waals surface area contributed by atoms with Crippen molar-refractivity contribution in [3.05, 3.63) is 29.3 Å². The van der Waals surface area contributed by atoms with E-state index in [9.17, 15) is 4.79 Å². The Balaban J connectivity index is 3.11. The van der Waals surface area contributed by atoms with Crippen LogP contribution in [-0.4, -0.2) is 13.0 Å². The molecule has 1 atom stereocenters. The predicted octanol–water partition coefficient (Wildman–Crippen LogP) is 3.21. The van der Waals surface area contributed by atoms with Crippen molar-refractivity contribution in [1.29, 1.82) is 5.26 Å². The number of hydrogen-bond donors (Lipinski definition) is 0. The smallest absolute Gasteiger partial charge is 0.246 e. The maximum Gasteiger partial charge on any atom is 0.246 e. The van der Waals surface area contributed by atoms with Gasteiger partial charge in [-0.3, -0.25) is 4.79 Å². The zero-order valence-electron chi connectivity index (χ0n) is 11.7. The van der Waals surface area contributed by atoms with Crippen LogP contribution in [0, 0.1) is 30.6 Å². The standard InChI is InChI=1S/C15H20N2O/c1-6-15(4,10-16)14(18)17(5)13-8-11(2)7-12(3)9-13/h7-9H,6H2,1-5H3. The quantitative estimate of drug-likeness (QED) is 0.819. The molecule has 0 saturated heterocycles. The minimum absolute atomic E-state index is 0.155. The Morgan fingerprint density at radius 2 is 1.83 bits per heavy atom. The number of hydrogen-bond acceptors (Lipinski definition) is 2. The number of carbonyl (C=O) groups excluding carboxylic acids is 1. The molecule has 96 valence electrons. The zero-order valence-corrected chi connectivity index (χ0v) is 11.7. The maximum atomic E-state index is 12.4. The van der Waals surface area contributed by atoms with E-state index in [4.69, 9.17) is 5.26 Å². The molecule has 1 amide bonds. The summed E-state index contributed by atoms with van der Waals surface area (Å²) in [6, 6.07) is 8.09. The molecule has 0 N–H and O–H groups in total. The van der Waals surface area contributed by atoms with E-state index in [1.165, 1.54) is 0 Å². The van der Waals surface area contributed by atoms with Gasteiger partial charge in [0.25, 0.3) is 0 Å². The van der Waals surface area contributed by atoms with E-state index >= 15 is 0 Å². The summed E-state index contributed by atoms with van der Waals surface area (Å²) in [6.07, 6.45) is 0.511. The number of rotatable bonds is 3. The summed E-state index contributed by atoms with van der Waals surface area (Å²) in [4.78, 5) is 13.9. The SMILES string of the molecule is CCC(C)(C#N)C(=O)N(C)c1cc(C)cc(C)c1. The van der Waals surface area contributed by atoms with Crippen LogP contribution in [-0.2, 0) is 4.79 Å². The van der Waals surface area contributed by atoms with Crippen molar-refractivity contribution in [3.8, 4) is 6.07 Å². The Bertz CT molecular complexity index is 481. The Hall–Kier alpha value is -1.82. The van der Waals surface area contributed by atoms with E-state index in [2.05, 4.69) is 12.1 Å². The van der Waals surface area contributed by atoms with E-state index in [-0.39, 0.29) is 5.91 Å². The molecule has 0 saturated carbocycles. The van der Waals surface area contributed by atoms with Gasteiger partial charge in [-0.1, -0.05) is 13.0 Å². The number of benzene rings is 1. The van der Waals surface area contributed by atoms with Crippen LogP contribution < -0.4 is 4.90 Å². The molecule has 0 aliphatic heterocycles. The van der Waals surface area contributed by atoms with Gasteiger partial charge in [-0.15, -0.1) is 0 Å². The predicted molar refractivity (Wildman–Crippen MR) is 73.3 cm³/mol. The van der Waals surface area contributed by atoms with Gasteiger partial charge < -0.3 is 4.90 Å². The van der Waals surface area contributed by atoms with Crippen LogP contribution in [0.3, 0.4) is 0 Å². The Kier molecular flexibility index (Phi) is 4.13. The van der Waals surface area contributed by atoms with Crippen LogP contribution in [0.15, 0.2) is 18.2 Å². The summed E-state index contributed by atoms with van der Waals surface area (Å²) in [5.74, 6) is -0.155. The van der Waals surface area contributed by atoms with Gasteiger partial charge in [0, 0.05) is 12.7 Å². The average molecular weight is 244 g/mol. The topological polar surface area (TPSA) is 44.1 Å². The van der Waals surface area contributed by atoms with Crippen molar-refractivity contribution in [2.24, 2.45) is 5.41 Å². The molecule has 0 fully saturated rings. The van der Waals surface area contributed by atoms with E-state index in [1.54, 1.807) is 18.9 Å². The monoisotopic (exact) mass is 244 g/mol. The van der Waals surface area contributed by atoms with Gasteiger partial charge in [-0.25, -0.2) is 0 Å². The van der Waals surface area contributed by atoms with Crippen LogP contribution >= 0.6 is 0 Å². The van der Waals surface area contributed by atoms with E-state index in [1.807, 2.05) is 32.9 Å². The first-order valence-corrected chi connectivity index (χ1v) is 6.11. The molecule has 0 bridgehead atoms. The Morgan fingerprint density at radius 1 is 1.33 bits per heavy atom. The molecule has 1 aromatic carbocycles. The highest BCUT2D eigenvalue weighted by Crippen LogP contribution is 2.26. The molecule has 1 aromatic rings. The normalized spacial score (nSPS) is 13.6. The number of aryl methyl sites for hydroxylation is 2. The van der Waals surface area contributed by atoms with Crippen molar-refractivity contribution in [3.63, 3.8) is 0 Å². The first kappa shape index (κ1) is 14.2. The molecule has 18 heavy (non-hydrogen) atoms. The summed E-state index contributed by atoms with van der Waals surface area (Å²) in [5, 5.41) is 9.16. The van der Waals surface area contributed by atoms with Gasteiger partial charge in [0.05, 0.1) is 6.07 Å². The third-order valence-electron chi connectivity index (χ3n) is 3.32. The highest BCUT2D eigenvalue weighted by molar-refractivity contribution is 5.98. The first-order valence-electron chi connectivity index (χ1n) is 6.11. The van der Waals surface area contributed by atoms with Crippen molar-refractivity contribution in [2.75, 3.05) is 11.9 Å². The molecule has 3 heteroatoms. The third kappa shape index (κ3) is 2.70. The number of nitrogens with zero attached hydrogens (tertiary/aromatic N) is 2. The van der Waals surface area contributed by atoms with Gasteiger partial charge in [-0.05, 0) is 50.5 Å². The summed E-state index contributed by atoms with van der Waals surface area (Å²) in [5.41, 5.74) is 2.11. The van der Waals surface area contributed by atoms with Gasteiger partial charge in [0.15, 0.2) is 0 Å². The number of anilines is 1. The molecular formula is C15H20N2O. The molecule has 0 aliphatic carbocycles. The lowest BCUT2D eigenvalue weighted by atomic mass is 9.87. The minimum atomic E-state index is -0.952. The fraction of sp³-hybridized carbons (Fsp3) is 0.467. The molecular weight excluding hydrogens is 224 g/mol. The van der Waals surface area contributed by atoms with Crippen LogP contribution in [0.4, 0.5) is 5.69 Å². The molecule has 0 aromatic heterocycles. The van der Waals surface area contributed by atoms with Crippen molar-refractivity contribution in [1.82, 2.24) is 0 Å².